The molecule has 28 heavy (non-hydrogen) atoms. The maximum atomic E-state index is 13.2. The van der Waals surface area contributed by atoms with Crippen molar-refractivity contribution in [3.63, 3.8) is 0 Å². The number of carbonyl (C=O) groups is 1. The summed E-state index contributed by atoms with van der Waals surface area (Å²) in [5.41, 5.74) is 3.17. The lowest BCUT2D eigenvalue weighted by Gasteiger charge is -2.20. The molecular formula is C20H22N3O4P. The third kappa shape index (κ3) is 4.07. The molecule has 0 atom stereocenters. The van der Waals surface area contributed by atoms with Crippen LogP contribution in [0.25, 0.3) is 0 Å². The molecule has 2 aliphatic rings. The van der Waals surface area contributed by atoms with Gasteiger partial charge in [-0.2, -0.15) is 0 Å². The Labute approximate surface area is 163 Å². The van der Waals surface area contributed by atoms with Gasteiger partial charge in [-0.15, -0.1) is 0 Å². The van der Waals surface area contributed by atoms with Gasteiger partial charge in [-0.1, -0.05) is 30.3 Å². The molecule has 8 heteroatoms. The molecule has 2 heterocycles. The molecule has 2 saturated heterocycles. The molecule has 0 N–H and O–H groups in total. The zero-order valence-electron chi connectivity index (χ0n) is 15.5. The van der Waals surface area contributed by atoms with Crippen LogP contribution in [0.5, 0.6) is 0 Å². The summed E-state index contributed by atoms with van der Waals surface area (Å²) in [5, 5.41) is 11.4. The fraction of sp³-hybridized carbons (Fsp3) is 0.350. The lowest BCUT2D eigenvalue weighted by Crippen LogP contribution is -2.10. The third-order valence-electron chi connectivity index (χ3n) is 5.27. The van der Waals surface area contributed by atoms with E-state index in [-0.39, 0.29) is 10.6 Å². The Bertz CT molecular complexity index is 936. The Morgan fingerprint density at radius 2 is 1.61 bits per heavy atom. The predicted molar refractivity (Wildman–Crippen MR) is 107 cm³/mol. The Kier molecular flexibility index (Phi) is 5.15. The second-order valence-electron chi connectivity index (χ2n) is 7.30. The van der Waals surface area contributed by atoms with E-state index < -0.39 is 7.44 Å². The van der Waals surface area contributed by atoms with Gasteiger partial charge in [0, 0.05) is 56.0 Å². The summed E-state index contributed by atoms with van der Waals surface area (Å²) >= 11 is 0. The monoisotopic (exact) mass is 399 g/mol. The molecular weight excluding hydrogens is 377 g/mol. The van der Waals surface area contributed by atoms with Crippen LogP contribution >= 0.6 is 7.44 Å². The van der Waals surface area contributed by atoms with Crippen LogP contribution in [0, 0.1) is 10.1 Å². The second-order valence-corrected chi connectivity index (χ2v) is 10.2. The van der Waals surface area contributed by atoms with E-state index in [1.165, 1.54) is 0 Å². The Morgan fingerprint density at radius 3 is 2.14 bits per heavy atom. The van der Waals surface area contributed by atoms with Crippen LogP contribution in [-0.2, 0) is 17.4 Å². The zero-order chi connectivity index (χ0) is 19.7. The first kappa shape index (κ1) is 19.0. The first-order valence-electron chi connectivity index (χ1n) is 9.40. The third-order valence-corrected chi connectivity index (χ3v) is 8.65. The molecule has 2 aromatic carbocycles. The van der Waals surface area contributed by atoms with E-state index in [1.54, 1.807) is 24.3 Å². The summed E-state index contributed by atoms with van der Waals surface area (Å²) in [7, 11) is -2.43. The van der Waals surface area contributed by atoms with Crippen LogP contribution in [0.2, 0.25) is 0 Å². The summed E-state index contributed by atoms with van der Waals surface area (Å²) in [4.78, 5) is 21.9. The van der Waals surface area contributed by atoms with Crippen molar-refractivity contribution >= 4 is 19.4 Å². The van der Waals surface area contributed by atoms with Crippen molar-refractivity contribution in [2.45, 2.75) is 12.8 Å². The van der Waals surface area contributed by atoms with Gasteiger partial charge in [-0.3, -0.25) is 19.5 Å². The van der Waals surface area contributed by atoms with E-state index in [0.29, 0.717) is 30.1 Å². The highest BCUT2D eigenvalue weighted by Crippen LogP contribution is 2.60. The minimum Gasteiger partial charge on any atom is -0.298 e. The molecule has 0 aromatic heterocycles. The number of carbonyl (C=O) groups excluding carboxylic acids is 1. The first-order valence-corrected chi connectivity index (χ1v) is 11.2. The average Bonchev–Trinajstić information content (AvgIpc) is 3.58. The Morgan fingerprint density at radius 1 is 1.00 bits per heavy atom. The number of nitro groups is 1. The topological polar surface area (TPSA) is 83.3 Å². The van der Waals surface area contributed by atoms with Crippen LogP contribution in [-0.4, -0.2) is 52.9 Å². The first-order chi connectivity index (χ1) is 13.5. The molecule has 0 saturated carbocycles. The van der Waals surface area contributed by atoms with Gasteiger partial charge in [0.15, 0.2) is 0 Å². The van der Waals surface area contributed by atoms with Crippen LogP contribution < -0.4 is 0 Å². The van der Waals surface area contributed by atoms with E-state index in [2.05, 4.69) is 9.34 Å². The largest absolute Gasteiger partial charge is 0.298 e. The summed E-state index contributed by atoms with van der Waals surface area (Å²) in [5.74, 6) is 0. The molecule has 0 amide bonds. The minimum atomic E-state index is -2.43. The summed E-state index contributed by atoms with van der Waals surface area (Å²) in [6, 6.07) is 12.2. The number of nitrogens with zero attached hydrogens (tertiary/aromatic N) is 3. The van der Waals surface area contributed by atoms with Crippen LogP contribution in [0.15, 0.2) is 42.5 Å². The van der Waals surface area contributed by atoms with Crippen molar-refractivity contribution in [2.75, 3.05) is 32.3 Å². The molecule has 2 fully saturated rings. The maximum absolute atomic E-state index is 13.2. The Balaban J connectivity index is 1.53. The average molecular weight is 399 g/mol. The van der Waals surface area contributed by atoms with Crippen LogP contribution in [0.1, 0.15) is 27.0 Å². The number of rotatable bonds is 9. The molecule has 2 aliphatic heterocycles. The SMILES string of the molecule is O=Cc1ccc(Cc2cc(CCP(=O)(N3CC3)N3CC3)ccc2[N+](=O)[O-])cc1. The standard InChI is InChI=1S/C20H22N3O4P/c24-15-18-3-1-16(2-4-18)13-19-14-17(5-6-20(19)23(25)26)7-12-28(27,21-8-9-21)22-10-11-22/h1-6,14-15H,7-13H2. The van der Waals surface area contributed by atoms with Gasteiger partial charge in [-0.25, -0.2) is 9.34 Å². The lowest BCUT2D eigenvalue weighted by atomic mass is 9.99. The Hall–Kier alpha value is -2.34. The van der Waals surface area contributed by atoms with Gasteiger partial charge in [0.1, 0.15) is 6.29 Å². The number of nitro benzene ring substituents is 1. The van der Waals surface area contributed by atoms with Gasteiger partial charge in [0.25, 0.3) is 5.69 Å². The highest BCUT2D eigenvalue weighted by Gasteiger charge is 2.46. The summed E-state index contributed by atoms with van der Waals surface area (Å²) < 4.78 is 17.4. The van der Waals surface area contributed by atoms with E-state index in [9.17, 15) is 19.5 Å². The van der Waals surface area contributed by atoms with E-state index in [0.717, 1.165) is 43.6 Å². The van der Waals surface area contributed by atoms with E-state index in [4.69, 9.17) is 0 Å². The molecule has 0 radical (unpaired) electrons. The normalized spacial score (nSPS) is 16.7. The minimum absolute atomic E-state index is 0.0864. The summed E-state index contributed by atoms with van der Waals surface area (Å²) in [6.45, 7) is 3.60. The molecule has 2 aromatic rings. The fourth-order valence-electron chi connectivity index (χ4n) is 3.50. The van der Waals surface area contributed by atoms with Crippen molar-refractivity contribution in [1.82, 2.24) is 9.34 Å². The van der Waals surface area contributed by atoms with Crippen molar-refractivity contribution in [3.8, 4) is 0 Å². The predicted octanol–water partition coefficient (Wildman–Crippen LogP) is 3.36. The molecule has 0 spiro atoms. The van der Waals surface area contributed by atoms with E-state index in [1.807, 2.05) is 18.2 Å². The zero-order valence-corrected chi connectivity index (χ0v) is 16.4. The van der Waals surface area contributed by atoms with E-state index >= 15 is 0 Å². The van der Waals surface area contributed by atoms with Gasteiger partial charge in [0.05, 0.1) is 4.92 Å². The van der Waals surface area contributed by atoms with Gasteiger partial charge >= 0.3 is 0 Å². The molecule has 4 rings (SSSR count). The lowest BCUT2D eigenvalue weighted by molar-refractivity contribution is -0.385. The number of hydrogen-bond donors (Lipinski definition) is 0. The number of aldehydes is 1. The number of aryl methyl sites for hydroxylation is 1. The molecule has 0 bridgehead atoms. The maximum Gasteiger partial charge on any atom is 0.272 e. The number of benzene rings is 2. The molecule has 0 aliphatic carbocycles. The fourth-order valence-corrected chi connectivity index (χ4v) is 6.40. The number of hydrogen-bond acceptors (Lipinski definition) is 4. The van der Waals surface area contributed by atoms with Gasteiger partial charge < -0.3 is 0 Å². The molecule has 0 unspecified atom stereocenters. The van der Waals surface area contributed by atoms with Crippen molar-refractivity contribution < 1.29 is 14.3 Å². The van der Waals surface area contributed by atoms with Crippen molar-refractivity contribution in [1.29, 1.82) is 0 Å². The quantitative estimate of drug-likeness (QED) is 0.211. The smallest absolute Gasteiger partial charge is 0.272 e. The highest BCUT2D eigenvalue weighted by atomic mass is 31.2. The molecule has 146 valence electrons. The van der Waals surface area contributed by atoms with Crippen molar-refractivity contribution in [3.05, 3.63) is 74.8 Å². The second kappa shape index (κ2) is 7.59. The van der Waals surface area contributed by atoms with Crippen LogP contribution in [0.3, 0.4) is 0 Å². The van der Waals surface area contributed by atoms with Gasteiger partial charge in [-0.05, 0) is 23.6 Å². The van der Waals surface area contributed by atoms with Crippen LogP contribution in [0.4, 0.5) is 5.69 Å². The summed E-state index contributed by atoms with van der Waals surface area (Å²) in [6.07, 6.45) is 2.41. The highest BCUT2D eigenvalue weighted by molar-refractivity contribution is 7.59. The van der Waals surface area contributed by atoms with Gasteiger partial charge in [0.2, 0.25) is 7.44 Å². The molecule has 7 nitrogen and oxygen atoms in total. The van der Waals surface area contributed by atoms with Crippen molar-refractivity contribution in [2.24, 2.45) is 0 Å².